The van der Waals surface area contributed by atoms with Gasteiger partial charge in [0.05, 0.1) is 0 Å². The lowest BCUT2D eigenvalue weighted by molar-refractivity contribution is -0.134. The zero-order valence-corrected chi connectivity index (χ0v) is 15.7. The molecule has 5 nitrogen and oxygen atoms in total. The number of para-hydroxylation sites is 1. The first-order chi connectivity index (χ1) is 12.0. The van der Waals surface area contributed by atoms with Crippen molar-refractivity contribution in [2.45, 2.75) is 45.6 Å². The molecule has 0 bridgehead atoms. The standard InChI is InChI=1S/C20H31N3O2/c1-16(2)18(15-23-13-7-8-14-23)22(3)20(25)12-11-19(24)21-17-9-5-4-6-10-17/h4-6,9-10,16,18H,7-8,11-15H2,1-3H3,(H,21,24). The maximum Gasteiger partial charge on any atom is 0.224 e. The fourth-order valence-electron chi connectivity index (χ4n) is 3.34. The van der Waals surface area contributed by atoms with Crippen molar-refractivity contribution < 1.29 is 9.59 Å². The minimum atomic E-state index is -0.117. The number of benzene rings is 1. The van der Waals surface area contributed by atoms with Crippen LogP contribution in [-0.4, -0.2) is 54.3 Å². The zero-order valence-electron chi connectivity index (χ0n) is 15.7. The van der Waals surface area contributed by atoms with Crippen LogP contribution < -0.4 is 5.32 Å². The van der Waals surface area contributed by atoms with E-state index >= 15 is 0 Å². The van der Waals surface area contributed by atoms with Crippen molar-refractivity contribution in [1.29, 1.82) is 0 Å². The summed E-state index contributed by atoms with van der Waals surface area (Å²) in [5, 5.41) is 2.83. The average Bonchev–Trinajstić information content (AvgIpc) is 3.11. The molecule has 0 aliphatic carbocycles. The number of anilines is 1. The predicted molar refractivity (Wildman–Crippen MR) is 101 cm³/mol. The van der Waals surface area contributed by atoms with Crippen molar-refractivity contribution in [1.82, 2.24) is 9.80 Å². The quantitative estimate of drug-likeness (QED) is 0.788. The Kier molecular flexibility index (Phi) is 7.44. The van der Waals surface area contributed by atoms with Gasteiger partial charge in [0.25, 0.3) is 0 Å². The molecular weight excluding hydrogens is 314 g/mol. The van der Waals surface area contributed by atoms with Gasteiger partial charge in [0.2, 0.25) is 11.8 Å². The Morgan fingerprint density at radius 2 is 1.76 bits per heavy atom. The fraction of sp³-hybridized carbons (Fsp3) is 0.600. The molecule has 1 aliphatic heterocycles. The predicted octanol–water partition coefficient (Wildman–Crippen LogP) is 2.98. The monoisotopic (exact) mass is 345 g/mol. The van der Waals surface area contributed by atoms with Crippen LogP contribution in [0.15, 0.2) is 30.3 Å². The number of likely N-dealkylation sites (tertiary alicyclic amines) is 1. The summed E-state index contributed by atoms with van der Waals surface area (Å²) in [5.41, 5.74) is 0.766. The highest BCUT2D eigenvalue weighted by atomic mass is 16.2. The van der Waals surface area contributed by atoms with Gasteiger partial charge in [-0.05, 0) is 44.0 Å². The second-order valence-corrected chi connectivity index (χ2v) is 7.24. The van der Waals surface area contributed by atoms with Crippen molar-refractivity contribution >= 4 is 17.5 Å². The van der Waals surface area contributed by atoms with E-state index in [4.69, 9.17) is 0 Å². The molecule has 0 saturated carbocycles. The van der Waals surface area contributed by atoms with Crippen LogP contribution in [0, 0.1) is 5.92 Å². The van der Waals surface area contributed by atoms with E-state index in [0.717, 1.165) is 25.3 Å². The van der Waals surface area contributed by atoms with Crippen LogP contribution >= 0.6 is 0 Å². The number of amides is 2. The molecule has 1 aromatic rings. The van der Waals surface area contributed by atoms with Gasteiger partial charge in [-0.2, -0.15) is 0 Å². The smallest absolute Gasteiger partial charge is 0.224 e. The van der Waals surface area contributed by atoms with E-state index in [9.17, 15) is 9.59 Å². The van der Waals surface area contributed by atoms with Gasteiger partial charge in [-0.3, -0.25) is 9.59 Å². The van der Waals surface area contributed by atoms with Gasteiger partial charge < -0.3 is 15.1 Å². The molecule has 1 aliphatic rings. The molecule has 2 rings (SSSR count). The van der Waals surface area contributed by atoms with Crippen molar-refractivity contribution in [3.05, 3.63) is 30.3 Å². The van der Waals surface area contributed by atoms with Crippen molar-refractivity contribution in [3.8, 4) is 0 Å². The molecule has 1 unspecified atom stereocenters. The van der Waals surface area contributed by atoms with Crippen molar-refractivity contribution in [3.63, 3.8) is 0 Å². The van der Waals surface area contributed by atoms with Crippen LogP contribution in [0.1, 0.15) is 39.5 Å². The summed E-state index contributed by atoms with van der Waals surface area (Å²) in [6, 6.07) is 9.54. The largest absolute Gasteiger partial charge is 0.341 e. The molecule has 2 amide bonds. The first kappa shape index (κ1) is 19.4. The molecule has 1 N–H and O–H groups in total. The minimum absolute atomic E-state index is 0.0427. The number of rotatable bonds is 8. The third-order valence-corrected chi connectivity index (χ3v) is 4.93. The van der Waals surface area contributed by atoms with E-state index in [1.807, 2.05) is 42.3 Å². The lowest BCUT2D eigenvalue weighted by Crippen LogP contribution is -2.47. The van der Waals surface area contributed by atoms with Gasteiger partial charge in [-0.15, -0.1) is 0 Å². The van der Waals surface area contributed by atoms with Gasteiger partial charge in [0.15, 0.2) is 0 Å². The summed E-state index contributed by atoms with van der Waals surface area (Å²) in [5.74, 6) is 0.322. The number of likely N-dealkylation sites (N-methyl/N-ethyl adjacent to an activating group) is 1. The van der Waals surface area contributed by atoms with Crippen LogP contribution in [0.3, 0.4) is 0 Å². The molecule has 1 heterocycles. The van der Waals surface area contributed by atoms with E-state index in [2.05, 4.69) is 24.1 Å². The maximum absolute atomic E-state index is 12.5. The fourth-order valence-corrected chi connectivity index (χ4v) is 3.34. The first-order valence-corrected chi connectivity index (χ1v) is 9.30. The van der Waals surface area contributed by atoms with Crippen molar-refractivity contribution in [2.75, 3.05) is 32.0 Å². The van der Waals surface area contributed by atoms with Gasteiger partial charge in [-0.1, -0.05) is 32.0 Å². The summed E-state index contributed by atoms with van der Waals surface area (Å²) < 4.78 is 0. The number of hydrogen-bond donors (Lipinski definition) is 1. The third kappa shape index (κ3) is 6.16. The highest BCUT2D eigenvalue weighted by Gasteiger charge is 2.26. The van der Waals surface area contributed by atoms with E-state index in [1.165, 1.54) is 12.8 Å². The van der Waals surface area contributed by atoms with E-state index in [1.54, 1.807) is 0 Å². The average molecular weight is 345 g/mol. The molecule has 0 aromatic heterocycles. The van der Waals surface area contributed by atoms with Crippen LogP contribution in [0.25, 0.3) is 0 Å². The molecule has 1 aromatic carbocycles. The molecule has 0 radical (unpaired) electrons. The molecule has 138 valence electrons. The number of nitrogens with one attached hydrogen (secondary N) is 1. The first-order valence-electron chi connectivity index (χ1n) is 9.30. The molecule has 0 spiro atoms. The second kappa shape index (κ2) is 9.56. The molecule has 25 heavy (non-hydrogen) atoms. The van der Waals surface area contributed by atoms with Gasteiger partial charge in [0, 0.05) is 38.2 Å². The summed E-state index contributed by atoms with van der Waals surface area (Å²) in [7, 11) is 1.87. The van der Waals surface area contributed by atoms with Gasteiger partial charge in [0.1, 0.15) is 0 Å². The zero-order chi connectivity index (χ0) is 18.2. The summed E-state index contributed by atoms with van der Waals surface area (Å²) in [6.45, 7) is 7.50. The Balaban J connectivity index is 1.81. The Bertz CT molecular complexity index is 553. The number of nitrogens with zero attached hydrogens (tertiary/aromatic N) is 2. The van der Waals surface area contributed by atoms with Crippen LogP contribution in [0.5, 0.6) is 0 Å². The van der Waals surface area contributed by atoms with Crippen molar-refractivity contribution in [2.24, 2.45) is 5.92 Å². The summed E-state index contributed by atoms with van der Waals surface area (Å²) >= 11 is 0. The van der Waals surface area contributed by atoms with Crippen LogP contribution in [0.2, 0.25) is 0 Å². The highest BCUT2D eigenvalue weighted by molar-refractivity contribution is 5.93. The normalized spacial score (nSPS) is 16.0. The molecule has 1 fully saturated rings. The lowest BCUT2D eigenvalue weighted by atomic mass is 10.0. The maximum atomic E-state index is 12.5. The Morgan fingerprint density at radius 3 is 2.36 bits per heavy atom. The van der Waals surface area contributed by atoms with E-state index in [-0.39, 0.29) is 30.7 Å². The third-order valence-electron chi connectivity index (χ3n) is 4.93. The van der Waals surface area contributed by atoms with Crippen LogP contribution in [0.4, 0.5) is 5.69 Å². The lowest BCUT2D eigenvalue weighted by Gasteiger charge is -2.34. The Labute approximate surface area is 151 Å². The SMILES string of the molecule is CC(C)C(CN1CCCC1)N(C)C(=O)CCC(=O)Nc1ccccc1. The summed E-state index contributed by atoms with van der Waals surface area (Å²) in [6.07, 6.45) is 2.97. The molecule has 1 atom stereocenters. The summed E-state index contributed by atoms with van der Waals surface area (Å²) in [4.78, 5) is 28.9. The van der Waals surface area contributed by atoms with Gasteiger partial charge in [-0.25, -0.2) is 0 Å². The van der Waals surface area contributed by atoms with Crippen LogP contribution in [-0.2, 0) is 9.59 Å². The molecular formula is C20H31N3O2. The Hall–Kier alpha value is -1.88. The molecule has 1 saturated heterocycles. The number of carbonyl (C=O) groups is 2. The molecule has 5 heteroatoms. The number of carbonyl (C=O) groups excluding carboxylic acids is 2. The Morgan fingerprint density at radius 1 is 1.12 bits per heavy atom. The topological polar surface area (TPSA) is 52.7 Å². The second-order valence-electron chi connectivity index (χ2n) is 7.24. The number of hydrogen-bond acceptors (Lipinski definition) is 3. The van der Waals surface area contributed by atoms with E-state index < -0.39 is 0 Å². The van der Waals surface area contributed by atoms with Gasteiger partial charge >= 0.3 is 0 Å². The van der Waals surface area contributed by atoms with E-state index in [0.29, 0.717) is 5.92 Å². The highest BCUT2D eigenvalue weighted by Crippen LogP contribution is 2.16. The minimum Gasteiger partial charge on any atom is -0.341 e.